The van der Waals surface area contributed by atoms with E-state index in [4.69, 9.17) is 0 Å². The third-order valence-corrected chi connectivity index (χ3v) is 5.95. The minimum atomic E-state index is -0.353. The zero-order valence-electron chi connectivity index (χ0n) is 17.2. The molecule has 0 unspecified atom stereocenters. The summed E-state index contributed by atoms with van der Waals surface area (Å²) in [5.41, 5.74) is 2.19. The number of halogens is 1. The summed E-state index contributed by atoms with van der Waals surface area (Å²) in [6.07, 6.45) is 11.4. The molecule has 0 atom stereocenters. The quantitative estimate of drug-likeness (QED) is 0.551. The molecule has 4 rings (SSSR count). The number of hydrogen-bond donors (Lipinski definition) is 2. The molecule has 3 aromatic rings. The van der Waals surface area contributed by atoms with Gasteiger partial charge in [0.25, 0.3) is 0 Å². The van der Waals surface area contributed by atoms with Crippen LogP contribution >= 0.6 is 0 Å². The number of nitrogens with one attached hydrogen (secondary N) is 2. The number of pyridine rings is 1. The smallest absolute Gasteiger partial charge is 0.239 e. The molecule has 1 aromatic carbocycles. The molecule has 2 heterocycles. The Hall–Kier alpha value is -2.73. The zero-order valence-corrected chi connectivity index (χ0v) is 17.2. The van der Waals surface area contributed by atoms with Gasteiger partial charge in [-0.05, 0) is 54.5 Å². The van der Waals surface area contributed by atoms with Crippen molar-refractivity contribution in [3.8, 4) is 11.1 Å². The monoisotopic (exact) mass is 408 g/mol. The van der Waals surface area contributed by atoms with E-state index >= 15 is 0 Å². The van der Waals surface area contributed by atoms with E-state index in [-0.39, 0.29) is 18.3 Å². The minimum absolute atomic E-state index is 0.0209. The van der Waals surface area contributed by atoms with E-state index in [1.807, 2.05) is 35.0 Å². The summed E-state index contributed by atoms with van der Waals surface area (Å²) in [7, 11) is 0. The zero-order chi connectivity index (χ0) is 20.8. The highest BCUT2D eigenvalue weighted by Gasteiger charge is 2.13. The van der Waals surface area contributed by atoms with Crippen LogP contribution in [0.2, 0.25) is 0 Å². The van der Waals surface area contributed by atoms with E-state index in [0.717, 1.165) is 35.5 Å². The fourth-order valence-corrected chi connectivity index (χ4v) is 4.30. The average Bonchev–Trinajstić information content (AvgIpc) is 3.16. The minimum Gasteiger partial charge on any atom is -0.353 e. The second kappa shape index (κ2) is 9.85. The molecule has 158 valence electrons. The molecule has 5 nitrogen and oxygen atoms in total. The van der Waals surface area contributed by atoms with Gasteiger partial charge >= 0.3 is 0 Å². The number of hydrogen-bond acceptors (Lipinski definition) is 3. The molecule has 0 radical (unpaired) electrons. The van der Waals surface area contributed by atoms with Crippen LogP contribution in [0.1, 0.15) is 32.1 Å². The highest BCUT2D eigenvalue weighted by Crippen LogP contribution is 2.27. The van der Waals surface area contributed by atoms with Gasteiger partial charge in [-0.15, -0.1) is 0 Å². The molecule has 6 heteroatoms. The first-order valence-corrected chi connectivity index (χ1v) is 10.9. The number of aromatic nitrogens is 2. The lowest BCUT2D eigenvalue weighted by molar-refractivity contribution is -0.121. The molecule has 1 fully saturated rings. The van der Waals surface area contributed by atoms with Crippen LogP contribution in [-0.4, -0.2) is 35.1 Å². The SMILES string of the molecule is O=C(Cn1ccc2ccc(-c3ccncc3F)cc21)NCCNCC1CCCCC1. The third kappa shape index (κ3) is 5.05. The Morgan fingerprint density at radius 2 is 2.00 bits per heavy atom. The number of fused-ring (bicyclic) bond motifs is 1. The van der Waals surface area contributed by atoms with Crippen LogP contribution in [0.5, 0.6) is 0 Å². The van der Waals surface area contributed by atoms with Crippen molar-refractivity contribution in [2.24, 2.45) is 5.92 Å². The molecular weight excluding hydrogens is 379 g/mol. The fraction of sp³-hybridized carbons (Fsp3) is 0.417. The average molecular weight is 409 g/mol. The van der Waals surface area contributed by atoms with Gasteiger partial charge in [-0.3, -0.25) is 9.78 Å². The van der Waals surface area contributed by atoms with Gasteiger partial charge in [0.05, 0.1) is 6.20 Å². The van der Waals surface area contributed by atoms with E-state index < -0.39 is 0 Å². The molecule has 1 aliphatic rings. The Labute approximate surface area is 176 Å². The molecule has 1 saturated carbocycles. The van der Waals surface area contributed by atoms with E-state index in [9.17, 15) is 9.18 Å². The molecule has 1 amide bonds. The molecule has 2 aromatic heterocycles. The van der Waals surface area contributed by atoms with Crippen LogP contribution in [0.25, 0.3) is 22.0 Å². The summed E-state index contributed by atoms with van der Waals surface area (Å²) in [6.45, 7) is 2.71. The lowest BCUT2D eigenvalue weighted by Crippen LogP contribution is -2.35. The van der Waals surface area contributed by atoms with Crippen molar-refractivity contribution >= 4 is 16.8 Å². The van der Waals surface area contributed by atoms with Crippen LogP contribution in [-0.2, 0) is 11.3 Å². The van der Waals surface area contributed by atoms with Crippen molar-refractivity contribution < 1.29 is 9.18 Å². The predicted octanol–water partition coefficient (Wildman–Crippen LogP) is 4.13. The Kier molecular flexibility index (Phi) is 6.74. The van der Waals surface area contributed by atoms with Crippen LogP contribution < -0.4 is 10.6 Å². The van der Waals surface area contributed by atoms with Crippen molar-refractivity contribution in [1.82, 2.24) is 20.2 Å². The van der Waals surface area contributed by atoms with Crippen LogP contribution in [0.15, 0.2) is 48.9 Å². The van der Waals surface area contributed by atoms with Crippen LogP contribution in [0.3, 0.4) is 0 Å². The summed E-state index contributed by atoms with van der Waals surface area (Å²) in [5, 5.41) is 7.48. The molecule has 0 saturated heterocycles. The third-order valence-electron chi connectivity index (χ3n) is 5.95. The maximum atomic E-state index is 14.1. The topological polar surface area (TPSA) is 59.0 Å². The van der Waals surface area contributed by atoms with Gasteiger partial charge in [0, 0.05) is 36.6 Å². The Balaban J connectivity index is 1.31. The van der Waals surface area contributed by atoms with Gasteiger partial charge in [-0.2, -0.15) is 0 Å². The summed E-state index contributed by atoms with van der Waals surface area (Å²) in [5.74, 6) is 0.418. The molecule has 0 bridgehead atoms. The Morgan fingerprint density at radius 1 is 1.13 bits per heavy atom. The number of amides is 1. The molecule has 2 N–H and O–H groups in total. The van der Waals surface area contributed by atoms with Gasteiger partial charge in [0.1, 0.15) is 12.4 Å². The predicted molar refractivity (Wildman–Crippen MR) is 118 cm³/mol. The lowest BCUT2D eigenvalue weighted by atomic mass is 9.89. The standard InChI is InChI=1S/C24H29FN4O/c25-22-16-26-10-8-21(22)20-7-6-19-9-13-29(23(19)14-20)17-24(30)28-12-11-27-15-18-4-2-1-3-5-18/h6-10,13-14,16,18,27H,1-5,11-12,15,17H2,(H,28,30). The highest BCUT2D eigenvalue weighted by molar-refractivity contribution is 5.87. The fourth-order valence-electron chi connectivity index (χ4n) is 4.30. The lowest BCUT2D eigenvalue weighted by Gasteiger charge is -2.21. The first-order valence-electron chi connectivity index (χ1n) is 10.9. The molecule has 30 heavy (non-hydrogen) atoms. The largest absolute Gasteiger partial charge is 0.353 e. The Bertz CT molecular complexity index is 994. The van der Waals surface area contributed by atoms with E-state index in [2.05, 4.69) is 15.6 Å². The number of nitrogens with zero attached hydrogens (tertiary/aromatic N) is 2. The molecule has 0 aliphatic heterocycles. The van der Waals surface area contributed by atoms with E-state index in [1.54, 1.807) is 12.3 Å². The highest BCUT2D eigenvalue weighted by atomic mass is 19.1. The first kappa shape index (κ1) is 20.5. The second-order valence-corrected chi connectivity index (χ2v) is 8.13. The van der Waals surface area contributed by atoms with Crippen molar-refractivity contribution in [2.45, 2.75) is 38.6 Å². The number of rotatable bonds is 8. The first-order chi connectivity index (χ1) is 14.7. The summed E-state index contributed by atoms with van der Waals surface area (Å²) < 4.78 is 16.0. The summed E-state index contributed by atoms with van der Waals surface area (Å²) in [6, 6.07) is 9.40. The van der Waals surface area contributed by atoms with Gasteiger partial charge in [0.15, 0.2) is 0 Å². The Morgan fingerprint density at radius 3 is 2.83 bits per heavy atom. The van der Waals surface area contributed by atoms with Gasteiger partial charge in [-0.1, -0.05) is 31.4 Å². The summed E-state index contributed by atoms with van der Waals surface area (Å²) >= 11 is 0. The molecular formula is C24H29FN4O. The number of benzene rings is 1. The van der Waals surface area contributed by atoms with Crippen molar-refractivity contribution in [3.63, 3.8) is 0 Å². The van der Waals surface area contributed by atoms with Gasteiger partial charge < -0.3 is 15.2 Å². The van der Waals surface area contributed by atoms with Crippen LogP contribution in [0, 0.1) is 11.7 Å². The second-order valence-electron chi connectivity index (χ2n) is 8.13. The van der Waals surface area contributed by atoms with Crippen molar-refractivity contribution in [2.75, 3.05) is 19.6 Å². The summed E-state index contributed by atoms with van der Waals surface area (Å²) in [4.78, 5) is 16.2. The van der Waals surface area contributed by atoms with Crippen LogP contribution in [0.4, 0.5) is 4.39 Å². The van der Waals surface area contributed by atoms with Crippen molar-refractivity contribution in [1.29, 1.82) is 0 Å². The maximum Gasteiger partial charge on any atom is 0.239 e. The van der Waals surface area contributed by atoms with E-state index in [0.29, 0.717) is 12.1 Å². The normalized spacial score (nSPS) is 14.8. The number of carbonyl (C=O) groups excluding carboxylic acids is 1. The molecule has 0 spiro atoms. The maximum absolute atomic E-state index is 14.1. The van der Waals surface area contributed by atoms with Gasteiger partial charge in [-0.25, -0.2) is 4.39 Å². The van der Waals surface area contributed by atoms with Crippen molar-refractivity contribution in [3.05, 3.63) is 54.7 Å². The van der Waals surface area contributed by atoms with E-state index in [1.165, 1.54) is 38.3 Å². The molecule has 1 aliphatic carbocycles. The number of carbonyl (C=O) groups is 1. The van der Waals surface area contributed by atoms with Gasteiger partial charge in [0.2, 0.25) is 5.91 Å².